The summed E-state index contributed by atoms with van der Waals surface area (Å²) in [5, 5.41) is 2.21. The van der Waals surface area contributed by atoms with E-state index in [0.717, 1.165) is 32.3 Å². The first-order valence-electron chi connectivity index (χ1n) is 16.8. The van der Waals surface area contributed by atoms with Crippen molar-refractivity contribution in [1.29, 1.82) is 0 Å². The van der Waals surface area contributed by atoms with E-state index in [1.807, 2.05) is 30.3 Å². The number of fused-ring (bicyclic) bond motifs is 3. The Labute approximate surface area is 296 Å². The molecule has 0 bridgehead atoms. The third-order valence-electron chi connectivity index (χ3n) is 9.22. The summed E-state index contributed by atoms with van der Waals surface area (Å²) in [5.41, 5.74) is 3.38. The zero-order chi connectivity index (χ0) is 34.2. The molecule has 244 valence electrons. The molecule has 7 aromatic carbocycles. The fourth-order valence-electron chi connectivity index (χ4n) is 7.00. The maximum atomic E-state index is 14.7. The van der Waals surface area contributed by atoms with Crippen LogP contribution in [0.2, 0.25) is 0 Å². The van der Waals surface area contributed by atoms with Gasteiger partial charge >= 0.3 is 0 Å². The van der Waals surface area contributed by atoms with E-state index in [1.54, 1.807) is 6.07 Å². The Balaban J connectivity index is 1.32. The number of hydrogen-bond acceptors (Lipinski definition) is 3. The van der Waals surface area contributed by atoms with Crippen LogP contribution in [-0.2, 0) is 0 Å². The molecule has 0 amide bonds. The Morgan fingerprint density at radius 1 is 0.392 bits per heavy atom. The van der Waals surface area contributed by atoms with Crippen LogP contribution in [0.4, 0.5) is 4.39 Å². The summed E-state index contributed by atoms with van der Waals surface area (Å²) in [5.74, 6) is 1.02. The minimum absolute atomic E-state index is 0.350. The van der Waals surface area contributed by atoms with Crippen molar-refractivity contribution in [2.45, 2.75) is 19.6 Å². The van der Waals surface area contributed by atoms with Crippen molar-refractivity contribution >= 4 is 31.8 Å². The summed E-state index contributed by atoms with van der Waals surface area (Å²) in [7, 11) is -1.95. The Kier molecular flexibility index (Phi) is 7.71. The largest absolute Gasteiger partial charge is 0.278 e. The molecular formula is C45H31FN4S. The quantitative estimate of drug-likeness (QED) is 0.168. The van der Waals surface area contributed by atoms with Crippen molar-refractivity contribution in [2.75, 3.05) is 0 Å². The average molecular weight is 679 g/mol. The molecule has 9 rings (SSSR count). The van der Waals surface area contributed by atoms with Crippen LogP contribution in [0.5, 0.6) is 0 Å². The SMILES string of the molecule is Fc1cccc(-c2nc(-c3cccc(S(c4ccccc4)(c4ccccc4)c4ccccc4)c3)nc(-n3c4ccccc4c4ccccc43)n2)c1. The molecule has 0 spiro atoms. The zero-order valence-electron chi connectivity index (χ0n) is 27.5. The normalized spacial score (nSPS) is 11.9. The highest BCUT2D eigenvalue weighted by molar-refractivity contribution is 8.34. The van der Waals surface area contributed by atoms with Crippen LogP contribution in [0.25, 0.3) is 50.5 Å². The first-order chi connectivity index (χ1) is 25.2. The van der Waals surface area contributed by atoms with Gasteiger partial charge in [0, 0.05) is 41.5 Å². The molecule has 2 heterocycles. The van der Waals surface area contributed by atoms with Gasteiger partial charge in [-0.1, -0.05) is 115 Å². The lowest BCUT2D eigenvalue weighted by atomic mass is 10.2. The molecule has 0 saturated heterocycles. The molecule has 0 fully saturated rings. The van der Waals surface area contributed by atoms with Crippen LogP contribution < -0.4 is 0 Å². The summed E-state index contributed by atoms with van der Waals surface area (Å²) in [6, 6.07) is 63.8. The third kappa shape index (κ3) is 5.28. The molecule has 4 nitrogen and oxygen atoms in total. The van der Waals surface area contributed by atoms with Gasteiger partial charge < -0.3 is 0 Å². The first-order valence-corrected chi connectivity index (χ1v) is 18.4. The fourth-order valence-corrected chi connectivity index (χ4v) is 10.9. The van der Waals surface area contributed by atoms with Crippen molar-refractivity contribution in [1.82, 2.24) is 19.5 Å². The molecule has 0 aliphatic carbocycles. The molecule has 0 unspecified atom stereocenters. The Bertz CT molecular complexity index is 2510. The monoisotopic (exact) mass is 678 g/mol. The topological polar surface area (TPSA) is 43.6 Å². The molecule has 0 radical (unpaired) electrons. The van der Waals surface area contributed by atoms with Crippen LogP contribution in [0, 0.1) is 5.82 Å². The van der Waals surface area contributed by atoms with Crippen LogP contribution >= 0.6 is 10.0 Å². The lowest BCUT2D eigenvalue weighted by Gasteiger charge is -2.42. The summed E-state index contributed by atoms with van der Waals surface area (Å²) >= 11 is 0. The van der Waals surface area contributed by atoms with Gasteiger partial charge in [0.05, 0.1) is 11.0 Å². The van der Waals surface area contributed by atoms with E-state index < -0.39 is 10.0 Å². The lowest BCUT2D eigenvalue weighted by Crippen LogP contribution is -2.07. The molecule has 0 atom stereocenters. The Morgan fingerprint density at radius 2 is 0.824 bits per heavy atom. The highest BCUT2D eigenvalue weighted by Gasteiger charge is 2.33. The third-order valence-corrected chi connectivity index (χ3v) is 13.1. The average Bonchev–Trinajstić information content (AvgIpc) is 3.54. The van der Waals surface area contributed by atoms with Crippen molar-refractivity contribution in [3.8, 4) is 28.7 Å². The van der Waals surface area contributed by atoms with Gasteiger partial charge in [0.15, 0.2) is 11.6 Å². The summed E-state index contributed by atoms with van der Waals surface area (Å²) in [4.78, 5) is 20.1. The van der Waals surface area contributed by atoms with Gasteiger partial charge in [-0.2, -0.15) is 9.97 Å². The van der Waals surface area contributed by atoms with E-state index in [4.69, 9.17) is 15.0 Å². The van der Waals surface area contributed by atoms with Crippen LogP contribution in [0.3, 0.4) is 0 Å². The number of aromatic nitrogens is 4. The van der Waals surface area contributed by atoms with Gasteiger partial charge in [-0.3, -0.25) is 4.57 Å². The summed E-state index contributed by atoms with van der Waals surface area (Å²) < 4.78 is 16.7. The van der Waals surface area contributed by atoms with Crippen molar-refractivity contribution in [2.24, 2.45) is 0 Å². The van der Waals surface area contributed by atoms with Crippen LogP contribution in [0.1, 0.15) is 0 Å². The second-order valence-corrected chi connectivity index (χ2v) is 15.4. The summed E-state index contributed by atoms with van der Waals surface area (Å²) in [6.07, 6.45) is 0. The van der Waals surface area contributed by atoms with Gasteiger partial charge in [0.25, 0.3) is 0 Å². The van der Waals surface area contributed by atoms with E-state index in [2.05, 4.69) is 144 Å². The van der Waals surface area contributed by atoms with Crippen LogP contribution in [0.15, 0.2) is 208 Å². The molecule has 0 N–H and O–H groups in total. The van der Waals surface area contributed by atoms with E-state index in [0.29, 0.717) is 23.2 Å². The Hall–Kier alpha value is -6.37. The van der Waals surface area contributed by atoms with Crippen molar-refractivity contribution < 1.29 is 4.39 Å². The highest BCUT2D eigenvalue weighted by Crippen LogP contribution is 2.73. The molecule has 6 heteroatoms. The zero-order valence-corrected chi connectivity index (χ0v) is 28.3. The second-order valence-electron chi connectivity index (χ2n) is 12.2. The van der Waals surface area contributed by atoms with E-state index in [1.165, 1.54) is 26.8 Å². The first kappa shape index (κ1) is 30.7. The predicted octanol–water partition coefficient (Wildman–Crippen LogP) is 11.8. The van der Waals surface area contributed by atoms with Crippen LogP contribution in [-0.4, -0.2) is 19.5 Å². The lowest BCUT2D eigenvalue weighted by molar-refractivity contribution is 0.628. The maximum Gasteiger partial charge on any atom is 0.238 e. The van der Waals surface area contributed by atoms with Gasteiger partial charge in [-0.05, 0) is 72.8 Å². The van der Waals surface area contributed by atoms with Gasteiger partial charge in [-0.25, -0.2) is 9.37 Å². The number of benzene rings is 7. The van der Waals surface area contributed by atoms with E-state index >= 15 is 0 Å². The molecule has 9 aromatic rings. The molecule has 0 aliphatic rings. The smallest absolute Gasteiger partial charge is 0.238 e. The number of halogens is 1. The van der Waals surface area contributed by atoms with Gasteiger partial charge in [-0.15, -0.1) is 10.0 Å². The number of rotatable bonds is 7. The Morgan fingerprint density at radius 3 is 1.33 bits per heavy atom. The molecule has 2 aromatic heterocycles. The van der Waals surface area contributed by atoms with E-state index in [-0.39, 0.29) is 5.82 Å². The minimum atomic E-state index is -1.95. The summed E-state index contributed by atoms with van der Waals surface area (Å²) in [6.45, 7) is 0. The predicted molar refractivity (Wildman–Crippen MR) is 205 cm³/mol. The second kappa shape index (κ2) is 12.8. The maximum absolute atomic E-state index is 14.7. The number of nitrogens with zero attached hydrogens (tertiary/aromatic N) is 4. The van der Waals surface area contributed by atoms with Gasteiger partial charge in [0.1, 0.15) is 5.82 Å². The minimum Gasteiger partial charge on any atom is -0.278 e. The molecule has 51 heavy (non-hydrogen) atoms. The van der Waals surface area contributed by atoms with Crippen molar-refractivity contribution in [3.63, 3.8) is 0 Å². The number of hydrogen-bond donors (Lipinski definition) is 0. The fraction of sp³-hybridized carbons (Fsp3) is 0. The van der Waals surface area contributed by atoms with Crippen molar-refractivity contribution in [3.05, 3.63) is 194 Å². The molecule has 0 aliphatic heterocycles. The van der Waals surface area contributed by atoms with E-state index in [9.17, 15) is 4.39 Å². The highest BCUT2D eigenvalue weighted by atomic mass is 32.3. The number of para-hydroxylation sites is 2. The standard InChI is InChI=1S/C45H31FN4S/c46-34-18-14-16-32(30-34)43-47-44(49-45(48-43)50-41-28-12-10-26-39(41)40-27-11-13-29-42(40)50)33-17-15-25-38(31-33)51(35-19-4-1-5-20-35,36-21-6-2-7-22-36)37-23-8-3-9-24-37/h1-31H. The molecular weight excluding hydrogens is 648 g/mol. The van der Waals surface area contributed by atoms with Gasteiger partial charge in [0.2, 0.25) is 5.95 Å². The molecule has 0 saturated carbocycles.